The topological polar surface area (TPSA) is 38.5 Å². The summed E-state index contributed by atoms with van der Waals surface area (Å²) in [5.74, 6) is 0.638. The van der Waals surface area contributed by atoms with Crippen LogP contribution in [0.25, 0.3) is 0 Å². The molecule has 0 aliphatic carbocycles. The number of piperidine rings is 1. The van der Waals surface area contributed by atoms with Gasteiger partial charge < -0.3 is 15.4 Å². The largest absolute Gasteiger partial charge is 0.398 e. The van der Waals surface area contributed by atoms with Crippen molar-refractivity contribution in [2.45, 2.75) is 26.4 Å². The highest BCUT2D eigenvalue weighted by Crippen LogP contribution is 2.27. The molecule has 2 atom stereocenters. The van der Waals surface area contributed by atoms with Crippen molar-refractivity contribution < 1.29 is 4.74 Å². The summed E-state index contributed by atoms with van der Waals surface area (Å²) in [4.78, 5) is 2.37. The molecule has 94 valence electrons. The zero-order chi connectivity index (χ0) is 12.4. The van der Waals surface area contributed by atoms with Gasteiger partial charge in [0.25, 0.3) is 0 Å². The second kappa shape index (κ2) is 4.96. The standard InChI is InChI=1S/C14H22N2O/c1-10-4-5-12(8-13(10)15)16-7-6-11(2)14(9-16)17-3/h4-5,8,11,14H,6-7,9,15H2,1-3H3. The van der Waals surface area contributed by atoms with Crippen LogP contribution >= 0.6 is 0 Å². The van der Waals surface area contributed by atoms with Crippen LogP contribution < -0.4 is 10.6 Å². The Hall–Kier alpha value is -1.22. The number of aryl methyl sites for hydroxylation is 1. The Morgan fingerprint density at radius 1 is 1.41 bits per heavy atom. The number of anilines is 2. The van der Waals surface area contributed by atoms with Gasteiger partial charge in [-0.15, -0.1) is 0 Å². The highest BCUT2D eigenvalue weighted by molar-refractivity contribution is 5.60. The average molecular weight is 234 g/mol. The number of hydrogen-bond acceptors (Lipinski definition) is 3. The number of hydrogen-bond donors (Lipinski definition) is 1. The Morgan fingerprint density at radius 2 is 2.18 bits per heavy atom. The Balaban J connectivity index is 2.14. The molecular formula is C14H22N2O. The summed E-state index contributed by atoms with van der Waals surface area (Å²) in [7, 11) is 1.80. The third kappa shape index (κ3) is 2.55. The van der Waals surface area contributed by atoms with Gasteiger partial charge in [0, 0.05) is 31.6 Å². The van der Waals surface area contributed by atoms with Gasteiger partial charge in [0.2, 0.25) is 0 Å². The average Bonchev–Trinajstić information content (AvgIpc) is 2.33. The van der Waals surface area contributed by atoms with Crippen LogP contribution in [0.3, 0.4) is 0 Å². The molecule has 1 fully saturated rings. The van der Waals surface area contributed by atoms with Crippen molar-refractivity contribution in [1.82, 2.24) is 0 Å². The number of nitrogen functional groups attached to an aromatic ring is 1. The normalized spacial score (nSPS) is 25.0. The van der Waals surface area contributed by atoms with E-state index in [9.17, 15) is 0 Å². The lowest BCUT2D eigenvalue weighted by molar-refractivity contribution is 0.0498. The lowest BCUT2D eigenvalue weighted by Crippen LogP contribution is -2.43. The van der Waals surface area contributed by atoms with Crippen LogP contribution in [-0.2, 0) is 4.74 Å². The first-order valence-corrected chi connectivity index (χ1v) is 6.25. The third-order valence-electron chi connectivity index (χ3n) is 3.82. The molecule has 0 saturated carbocycles. The zero-order valence-corrected chi connectivity index (χ0v) is 10.9. The van der Waals surface area contributed by atoms with E-state index in [2.05, 4.69) is 30.0 Å². The van der Waals surface area contributed by atoms with E-state index in [0.717, 1.165) is 24.3 Å². The van der Waals surface area contributed by atoms with Crippen LogP contribution in [0.4, 0.5) is 11.4 Å². The fraction of sp³-hybridized carbons (Fsp3) is 0.571. The third-order valence-corrected chi connectivity index (χ3v) is 3.82. The minimum Gasteiger partial charge on any atom is -0.398 e. The van der Waals surface area contributed by atoms with Crippen LogP contribution in [0.1, 0.15) is 18.9 Å². The summed E-state index contributed by atoms with van der Waals surface area (Å²) in [5.41, 5.74) is 9.19. The van der Waals surface area contributed by atoms with Gasteiger partial charge in [-0.25, -0.2) is 0 Å². The van der Waals surface area contributed by atoms with E-state index in [1.165, 1.54) is 12.1 Å². The fourth-order valence-corrected chi connectivity index (χ4v) is 2.40. The maximum absolute atomic E-state index is 5.96. The van der Waals surface area contributed by atoms with Crippen molar-refractivity contribution in [2.24, 2.45) is 5.92 Å². The first-order valence-electron chi connectivity index (χ1n) is 6.25. The quantitative estimate of drug-likeness (QED) is 0.799. The maximum Gasteiger partial charge on any atom is 0.0772 e. The smallest absolute Gasteiger partial charge is 0.0772 e. The Bertz CT molecular complexity index is 392. The van der Waals surface area contributed by atoms with Gasteiger partial charge in [-0.1, -0.05) is 13.0 Å². The first-order chi connectivity index (χ1) is 8.11. The van der Waals surface area contributed by atoms with Crippen molar-refractivity contribution in [3.05, 3.63) is 23.8 Å². The molecule has 0 spiro atoms. The molecule has 0 amide bonds. The summed E-state index contributed by atoms with van der Waals surface area (Å²) < 4.78 is 5.54. The molecule has 3 nitrogen and oxygen atoms in total. The van der Waals surface area contributed by atoms with Gasteiger partial charge in [0.15, 0.2) is 0 Å². The van der Waals surface area contributed by atoms with Crippen LogP contribution in [-0.4, -0.2) is 26.3 Å². The van der Waals surface area contributed by atoms with Gasteiger partial charge in [-0.05, 0) is 37.0 Å². The Kier molecular flexibility index (Phi) is 3.57. The monoisotopic (exact) mass is 234 g/mol. The number of methoxy groups -OCH3 is 1. The van der Waals surface area contributed by atoms with Gasteiger partial charge in [-0.2, -0.15) is 0 Å². The van der Waals surface area contributed by atoms with Crippen molar-refractivity contribution in [3.63, 3.8) is 0 Å². The van der Waals surface area contributed by atoms with Crippen LogP contribution in [0.2, 0.25) is 0 Å². The number of benzene rings is 1. The molecule has 2 N–H and O–H groups in total. The number of nitrogens with zero attached hydrogens (tertiary/aromatic N) is 1. The van der Waals surface area contributed by atoms with Gasteiger partial charge >= 0.3 is 0 Å². The van der Waals surface area contributed by atoms with E-state index in [1.54, 1.807) is 7.11 Å². The van der Waals surface area contributed by atoms with E-state index in [1.807, 2.05) is 6.92 Å². The highest BCUT2D eigenvalue weighted by atomic mass is 16.5. The summed E-state index contributed by atoms with van der Waals surface area (Å²) in [6, 6.07) is 6.30. The predicted octanol–water partition coefficient (Wildman–Crippen LogP) is 2.44. The number of ether oxygens (including phenoxy) is 1. The van der Waals surface area contributed by atoms with E-state index in [4.69, 9.17) is 10.5 Å². The Labute approximate surface area is 104 Å². The molecular weight excluding hydrogens is 212 g/mol. The molecule has 1 aromatic carbocycles. The van der Waals surface area contributed by atoms with Crippen molar-refractivity contribution in [2.75, 3.05) is 30.8 Å². The van der Waals surface area contributed by atoms with Crippen molar-refractivity contribution in [1.29, 1.82) is 0 Å². The summed E-state index contributed by atoms with van der Waals surface area (Å²) >= 11 is 0. The minimum atomic E-state index is 0.325. The molecule has 1 heterocycles. The molecule has 1 aromatic rings. The molecule has 0 radical (unpaired) electrons. The second-order valence-electron chi connectivity index (χ2n) is 5.03. The van der Waals surface area contributed by atoms with E-state index in [-0.39, 0.29) is 0 Å². The van der Waals surface area contributed by atoms with Gasteiger partial charge in [-0.3, -0.25) is 0 Å². The zero-order valence-electron chi connectivity index (χ0n) is 10.9. The van der Waals surface area contributed by atoms with E-state index >= 15 is 0 Å². The lowest BCUT2D eigenvalue weighted by atomic mass is 9.95. The molecule has 1 aliphatic heterocycles. The summed E-state index contributed by atoms with van der Waals surface area (Å²) in [6.45, 7) is 6.34. The van der Waals surface area contributed by atoms with Gasteiger partial charge in [0.1, 0.15) is 0 Å². The lowest BCUT2D eigenvalue weighted by Gasteiger charge is -2.37. The highest BCUT2D eigenvalue weighted by Gasteiger charge is 2.26. The van der Waals surface area contributed by atoms with Crippen LogP contribution in [0, 0.1) is 12.8 Å². The summed E-state index contributed by atoms with van der Waals surface area (Å²) in [5, 5.41) is 0. The van der Waals surface area contributed by atoms with Crippen LogP contribution in [0.5, 0.6) is 0 Å². The Morgan fingerprint density at radius 3 is 2.82 bits per heavy atom. The number of rotatable bonds is 2. The molecule has 3 heteroatoms. The molecule has 1 aliphatic rings. The molecule has 2 rings (SSSR count). The van der Waals surface area contributed by atoms with Crippen LogP contribution in [0.15, 0.2) is 18.2 Å². The van der Waals surface area contributed by atoms with Crippen molar-refractivity contribution in [3.8, 4) is 0 Å². The van der Waals surface area contributed by atoms with E-state index in [0.29, 0.717) is 12.0 Å². The molecule has 0 bridgehead atoms. The van der Waals surface area contributed by atoms with Crippen molar-refractivity contribution >= 4 is 11.4 Å². The maximum atomic E-state index is 5.96. The SMILES string of the molecule is COC1CN(c2ccc(C)c(N)c2)CCC1C. The molecule has 17 heavy (non-hydrogen) atoms. The fourth-order valence-electron chi connectivity index (χ4n) is 2.40. The predicted molar refractivity (Wildman–Crippen MR) is 72.4 cm³/mol. The first kappa shape index (κ1) is 12.2. The second-order valence-corrected chi connectivity index (χ2v) is 5.03. The van der Waals surface area contributed by atoms with Gasteiger partial charge in [0.05, 0.1) is 6.10 Å². The summed E-state index contributed by atoms with van der Waals surface area (Å²) in [6.07, 6.45) is 1.50. The van der Waals surface area contributed by atoms with E-state index < -0.39 is 0 Å². The molecule has 1 saturated heterocycles. The molecule has 2 unspecified atom stereocenters. The number of nitrogens with two attached hydrogens (primary N) is 1. The minimum absolute atomic E-state index is 0.325. The molecule has 0 aromatic heterocycles.